The number of hydrogen-bond acceptors (Lipinski definition) is 5. The predicted octanol–water partition coefficient (Wildman–Crippen LogP) is 4.05. The van der Waals surface area contributed by atoms with Crippen molar-refractivity contribution < 1.29 is 17.9 Å². The molecule has 0 unspecified atom stereocenters. The molecule has 0 aliphatic carbocycles. The molecule has 7 nitrogen and oxygen atoms in total. The van der Waals surface area contributed by atoms with Crippen LogP contribution >= 0.6 is 23.8 Å². The normalized spacial score (nSPS) is 11.1. The molecular formula is C23H22ClN3O4S2. The number of nitrogens with one attached hydrogen (secondary N) is 2. The molecular weight excluding hydrogens is 482 g/mol. The second-order valence-corrected chi connectivity index (χ2v) is 9.91. The minimum absolute atomic E-state index is 0.0662. The Morgan fingerprint density at radius 2 is 1.64 bits per heavy atom. The standard InChI is InChI=1S/C23H22ClN3O4S2/c1-27(15-17-5-3-2-4-6-17)33(29,30)21-13-9-19(10-14-21)25-23(32)26-22(28)16-31-20-11-7-18(24)8-12-20/h2-14H,15-16H2,1H3,(H2,25,26,28,32). The highest BCUT2D eigenvalue weighted by atomic mass is 35.5. The van der Waals surface area contributed by atoms with Crippen LogP contribution in [0.15, 0.2) is 83.8 Å². The SMILES string of the molecule is CN(Cc1ccccc1)S(=O)(=O)c1ccc(NC(=S)NC(=O)COc2ccc(Cl)cc2)cc1. The van der Waals surface area contributed by atoms with Crippen LogP contribution < -0.4 is 15.4 Å². The van der Waals surface area contributed by atoms with Crippen molar-refractivity contribution in [1.29, 1.82) is 0 Å². The number of nitrogens with zero attached hydrogens (tertiary/aromatic N) is 1. The lowest BCUT2D eigenvalue weighted by molar-refractivity contribution is -0.121. The Morgan fingerprint density at radius 3 is 2.27 bits per heavy atom. The summed E-state index contributed by atoms with van der Waals surface area (Å²) >= 11 is 10.9. The molecule has 0 aliphatic heterocycles. The average molecular weight is 504 g/mol. The van der Waals surface area contributed by atoms with Gasteiger partial charge in [-0.3, -0.25) is 10.1 Å². The third-order valence-electron chi connectivity index (χ3n) is 4.50. The zero-order valence-electron chi connectivity index (χ0n) is 17.7. The topological polar surface area (TPSA) is 87.7 Å². The monoisotopic (exact) mass is 503 g/mol. The number of halogens is 1. The summed E-state index contributed by atoms with van der Waals surface area (Å²) in [6, 6.07) is 22.1. The zero-order chi connectivity index (χ0) is 23.8. The molecule has 172 valence electrons. The summed E-state index contributed by atoms with van der Waals surface area (Å²) in [7, 11) is -2.13. The number of hydrogen-bond donors (Lipinski definition) is 2. The molecule has 1 amide bonds. The van der Waals surface area contributed by atoms with Crippen molar-refractivity contribution in [1.82, 2.24) is 9.62 Å². The summed E-state index contributed by atoms with van der Waals surface area (Å²) in [6.07, 6.45) is 0. The van der Waals surface area contributed by atoms with Crippen LogP contribution in [0.5, 0.6) is 5.75 Å². The second kappa shape index (κ2) is 11.2. The number of rotatable bonds is 8. The van der Waals surface area contributed by atoms with Gasteiger partial charge in [0.05, 0.1) is 4.90 Å². The fourth-order valence-electron chi connectivity index (χ4n) is 2.82. The first-order valence-corrected chi connectivity index (χ1v) is 12.1. The lowest BCUT2D eigenvalue weighted by Crippen LogP contribution is -2.37. The molecule has 3 rings (SSSR count). The minimum atomic E-state index is -3.66. The van der Waals surface area contributed by atoms with E-state index >= 15 is 0 Å². The number of carbonyl (C=O) groups is 1. The molecule has 10 heteroatoms. The summed E-state index contributed by atoms with van der Waals surface area (Å²) in [6.45, 7) is 0.0335. The molecule has 0 atom stereocenters. The molecule has 0 fully saturated rings. The van der Waals surface area contributed by atoms with E-state index in [1.807, 2.05) is 30.3 Å². The van der Waals surface area contributed by atoms with Crippen LogP contribution in [-0.4, -0.2) is 37.4 Å². The molecule has 2 N–H and O–H groups in total. The number of benzene rings is 3. The van der Waals surface area contributed by atoms with Crippen molar-refractivity contribution in [3.8, 4) is 5.75 Å². The van der Waals surface area contributed by atoms with Crippen molar-refractivity contribution in [2.75, 3.05) is 19.0 Å². The summed E-state index contributed by atoms with van der Waals surface area (Å²) in [5, 5.41) is 5.98. The fourth-order valence-corrected chi connectivity index (χ4v) is 4.34. The van der Waals surface area contributed by atoms with Gasteiger partial charge in [0, 0.05) is 24.3 Å². The number of ether oxygens (including phenoxy) is 1. The molecule has 0 aliphatic rings. The molecule has 33 heavy (non-hydrogen) atoms. The maximum absolute atomic E-state index is 12.8. The first kappa shape index (κ1) is 24.7. The largest absolute Gasteiger partial charge is 0.484 e. The van der Waals surface area contributed by atoms with Crippen LogP contribution in [0, 0.1) is 0 Å². The fraction of sp³-hybridized carbons (Fsp3) is 0.130. The Morgan fingerprint density at radius 1 is 1.00 bits per heavy atom. The highest BCUT2D eigenvalue weighted by Crippen LogP contribution is 2.19. The van der Waals surface area contributed by atoms with E-state index < -0.39 is 15.9 Å². The summed E-state index contributed by atoms with van der Waals surface area (Å²) in [5.74, 6) is 0.0617. The predicted molar refractivity (Wildman–Crippen MR) is 133 cm³/mol. The molecule has 0 saturated carbocycles. The second-order valence-electron chi connectivity index (χ2n) is 7.02. The van der Waals surface area contributed by atoms with Crippen molar-refractivity contribution in [3.05, 3.63) is 89.4 Å². The van der Waals surface area contributed by atoms with E-state index in [9.17, 15) is 13.2 Å². The van der Waals surface area contributed by atoms with Gasteiger partial charge in [0.1, 0.15) is 5.75 Å². The number of amides is 1. The first-order chi connectivity index (χ1) is 15.7. The van der Waals surface area contributed by atoms with Gasteiger partial charge < -0.3 is 10.1 Å². The van der Waals surface area contributed by atoms with Crippen LogP contribution in [0.2, 0.25) is 5.02 Å². The molecule has 0 radical (unpaired) electrons. The van der Waals surface area contributed by atoms with E-state index in [1.54, 1.807) is 36.4 Å². The van der Waals surface area contributed by atoms with Gasteiger partial charge in [0.25, 0.3) is 5.91 Å². The third-order valence-corrected chi connectivity index (χ3v) is 6.78. The smallest absolute Gasteiger partial charge is 0.264 e. The Kier molecular flexibility index (Phi) is 8.40. The van der Waals surface area contributed by atoms with Crippen molar-refractivity contribution >= 4 is 50.5 Å². The zero-order valence-corrected chi connectivity index (χ0v) is 20.1. The van der Waals surface area contributed by atoms with E-state index in [1.165, 1.54) is 23.5 Å². The van der Waals surface area contributed by atoms with Gasteiger partial charge in [0.15, 0.2) is 11.7 Å². The number of thiocarbonyl (C=S) groups is 1. The van der Waals surface area contributed by atoms with E-state index in [0.717, 1.165) is 5.56 Å². The molecule has 0 saturated heterocycles. The maximum atomic E-state index is 12.8. The number of anilines is 1. The summed E-state index contributed by atoms with van der Waals surface area (Å²) < 4.78 is 32.3. The minimum Gasteiger partial charge on any atom is -0.484 e. The quantitative estimate of drug-likeness (QED) is 0.451. The summed E-state index contributed by atoms with van der Waals surface area (Å²) in [5.41, 5.74) is 1.42. The number of sulfonamides is 1. The van der Waals surface area contributed by atoms with Gasteiger partial charge in [0.2, 0.25) is 10.0 Å². The molecule has 0 bridgehead atoms. The Hall–Kier alpha value is -2.98. The average Bonchev–Trinajstić information content (AvgIpc) is 2.79. The van der Waals surface area contributed by atoms with Gasteiger partial charge >= 0.3 is 0 Å². The van der Waals surface area contributed by atoms with Gasteiger partial charge in [-0.25, -0.2) is 8.42 Å². The highest BCUT2D eigenvalue weighted by molar-refractivity contribution is 7.89. The Bertz CT molecular complexity index is 1200. The van der Waals surface area contributed by atoms with Crippen LogP contribution in [0.3, 0.4) is 0 Å². The molecule has 0 heterocycles. The lowest BCUT2D eigenvalue weighted by atomic mass is 10.2. The third kappa shape index (κ3) is 7.26. The molecule has 0 aromatic heterocycles. The van der Waals surface area contributed by atoms with E-state index in [0.29, 0.717) is 16.5 Å². The summed E-state index contributed by atoms with van der Waals surface area (Å²) in [4.78, 5) is 12.2. The van der Waals surface area contributed by atoms with Crippen molar-refractivity contribution in [3.63, 3.8) is 0 Å². The molecule has 3 aromatic carbocycles. The maximum Gasteiger partial charge on any atom is 0.264 e. The lowest BCUT2D eigenvalue weighted by Gasteiger charge is -2.17. The first-order valence-electron chi connectivity index (χ1n) is 9.83. The molecule has 0 spiro atoms. The van der Waals surface area contributed by atoms with Crippen LogP contribution in [0.1, 0.15) is 5.56 Å². The van der Waals surface area contributed by atoms with Crippen molar-refractivity contribution in [2.45, 2.75) is 11.4 Å². The highest BCUT2D eigenvalue weighted by Gasteiger charge is 2.20. The van der Waals surface area contributed by atoms with Gasteiger partial charge in [-0.15, -0.1) is 0 Å². The number of carbonyl (C=O) groups excluding carboxylic acids is 1. The Labute approximate surface area is 203 Å². The van der Waals surface area contributed by atoms with E-state index in [-0.39, 0.29) is 23.2 Å². The van der Waals surface area contributed by atoms with Crippen LogP contribution in [0.25, 0.3) is 0 Å². The van der Waals surface area contributed by atoms with Gasteiger partial charge in [-0.1, -0.05) is 41.9 Å². The van der Waals surface area contributed by atoms with Crippen molar-refractivity contribution in [2.24, 2.45) is 0 Å². The van der Waals surface area contributed by atoms with Crippen LogP contribution in [0.4, 0.5) is 5.69 Å². The molecule has 3 aromatic rings. The van der Waals surface area contributed by atoms with E-state index in [2.05, 4.69) is 10.6 Å². The van der Waals surface area contributed by atoms with Gasteiger partial charge in [-0.2, -0.15) is 4.31 Å². The van der Waals surface area contributed by atoms with Crippen LogP contribution in [-0.2, 0) is 21.4 Å². The van der Waals surface area contributed by atoms with E-state index in [4.69, 9.17) is 28.6 Å². The Balaban J connectivity index is 1.52. The van der Waals surface area contributed by atoms with Gasteiger partial charge in [-0.05, 0) is 66.3 Å².